The highest BCUT2D eigenvalue weighted by Gasteiger charge is 2.38. The molecule has 1 atom stereocenters. The van der Waals surface area contributed by atoms with E-state index in [2.05, 4.69) is 9.95 Å². The van der Waals surface area contributed by atoms with E-state index < -0.39 is 49.5 Å². The highest BCUT2D eigenvalue weighted by atomic mass is 32.2. The van der Waals surface area contributed by atoms with Gasteiger partial charge in [0.1, 0.15) is 6.17 Å². The van der Waals surface area contributed by atoms with Gasteiger partial charge >= 0.3 is 7.82 Å². The summed E-state index contributed by atoms with van der Waals surface area (Å²) in [6.45, 7) is -0.765. The van der Waals surface area contributed by atoms with Gasteiger partial charge in [-0.2, -0.15) is 0 Å². The maximum Gasteiger partial charge on any atom is 0.472 e. The van der Waals surface area contributed by atoms with Crippen LogP contribution in [0.2, 0.25) is 0 Å². The molecule has 3 aliphatic rings. The molecule has 0 saturated carbocycles. The van der Waals surface area contributed by atoms with E-state index in [0.717, 1.165) is 22.6 Å². The van der Waals surface area contributed by atoms with Crippen LogP contribution in [0.25, 0.3) is 11.3 Å². The molecule has 3 aliphatic heterocycles. The summed E-state index contributed by atoms with van der Waals surface area (Å²) < 4.78 is 52.3. The van der Waals surface area contributed by atoms with E-state index in [9.17, 15) is 14.2 Å². The number of aromatic nitrogens is 1. The normalized spacial score (nSPS) is 17.8. The number of rotatable bonds is 5. The molecule has 0 radical (unpaired) electrons. The summed E-state index contributed by atoms with van der Waals surface area (Å²) in [7, 11) is -4.93. The number of hydrogen-bond acceptors (Lipinski definition) is 7. The summed E-state index contributed by atoms with van der Waals surface area (Å²) in [4.78, 5) is 47.5. The predicted molar refractivity (Wildman–Crippen MR) is 141 cm³/mol. The van der Waals surface area contributed by atoms with Crippen molar-refractivity contribution in [2.75, 3.05) is 18.8 Å². The minimum Gasteiger partial charge on any atom is -0.460 e. The molecule has 1 amide bonds. The van der Waals surface area contributed by atoms with E-state index in [-0.39, 0.29) is 41.2 Å². The van der Waals surface area contributed by atoms with Crippen LogP contribution >= 0.6 is 19.6 Å². The van der Waals surface area contributed by atoms with Crippen LogP contribution in [0.1, 0.15) is 33.6 Å². The Labute approximate surface area is 230 Å². The number of amides is 1. The first-order chi connectivity index (χ1) is 19.1. The molecule has 6 rings (SSSR count). The van der Waals surface area contributed by atoms with Crippen LogP contribution in [0.3, 0.4) is 0 Å². The molecule has 14 heteroatoms. The number of halogens is 2. The molecule has 0 fully saturated rings. The van der Waals surface area contributed by atoms with E-state index >= 15 is 8.78 Å². The van der Waals surface area contributed by atoms with Crippen molar-refractivity contribution in [3.8, 4) is 17.0 Å². The van der Waals surface area contributed by atoms with Crippen LogP contribution < -0.4 is 15.6 Å². The maximum absolute atomic E-state index is 15.1. The zero-order chi connectivity index (χ0) is 28.2. The Kier molecular flexibility index (Phi) is 6.79. The molecule has 40 heavy (non-hydrogen) atoms. The number of benzene rings is 2. The second-order valence-electron chi connectivity index (χ2n) is 9.35. The van der Waals surface area contributed by atoms with Crippen molar-refractivity contribution in [2.45, 2.75) is 29.7 Å². The molecule has 0 saturated heterocycles. The van der Waals surface area contributed by atoms with Gasteiger partial charge in [0.2, 0.25) is 18.0 Å². The van der Waals surface area contributed by atoms with E-state index in [1.165, 1.54) is 21.3 Å². The van der Waals surface area contributed by atoms with Gasteiger partial charge in [0.15, 0.2) is 17.3 Å². The fourth-order valence-electron chi connectivity index (χ4n) is 5.14. The van der Waals surface area contributed by atoms with Crippen molar-refractivity contribution in [1.82, 2.24) is 9.58 Å². The van der Waals surface area contributed by atoms with E-state index in [1.54, 1.807) is 6.08 Å². The van der Waals surface area contributed by atoms with Crippen LogP contribution in [-0.2, 0) is 21.3 Å². The number of fused-ring (bicyclic) bond motifs is 4. The van der Waals surface area contributed by atoms with Crippen molar-refractivity contribution >= 4 is 25.5 Å². The topological polar surface area (TPSA) is 130 Å². The molecule has 10 nitrogen and oxygen atoms in total. The molecule has 1 aromatic heterocycles. The summed E-state index contributed by atoms with van der Waals surface area (Å²) in [5, 5.41) is 0. The van der Waals surface area contributed by atoms with Gasteiger partial charge in [-0.05, 0) is 29.7 Å². The molecule has 0 spiro atoms. The third kappa shape index (κ3) is 4.73. The second kappa shape index (κ2) is 10.2. The van der Waals surface area contributed by atoms with Gasteiger partial charge in [-0.25, -0.2) is 22.5 Å². The number of phosphoric ester groups is 1. The molecular formula is C26H22F2N3O7PS. The SMILES string of the molecule is O=C1c2c(OCOP(=O)(O)O)c(=O)cc(-c3cc(F)c(F)c4c3Cc3ccccc3SC4)n2N[C@@H]2CC=CCN12. The van der Waals surface area contributed by atoms with E-state index in [4.69, 9.17) is 14.5 Å². The van der Waals surface area contributed by atoms with E-state index in [1.807, 2.05) is 30.3 Å². The number of carbonyl (C=O) groups is 1. The average Bonchev–Trinajstić information content (AvgIpc) is 3.11. The van der Waals surface area contributed by atoms with Crippen molar-refractivity contribution in [2.24, 2.45) is 0 Å². The lowest BCUT2D eigenvalue weighted by atomic mass is 9.92. The standard InChI is InChI=1S/C26H22F2N3O7PS/c27-18-10-16(15-9-14-5-1-2-6-21(14)40-12-17(15)23(18)28)19-11-20(32)25(37-13-38-39(34,35)36)24-26(33)30-8-4-3-7-22(30)29-31(19)24/h1-6,10-11,22,29H,7-9,12-13H2,(H2,34,35,36)/t22-/m0/s1. The first kappa shape index (κ1) is 26.7. The zero-order valence-corrected chi connectivity index (χ0v) is 22.4. The molecule has 3 aromatic rings. The fourth-order valence-corrected chi connectivity index (χ4v) is 6.43. The molecule has 3 N–H and O–H groups in total. The van der Waals surface area contributed by atoms with Crippen molar-refractivity contribution in [3.05, 3.63) is 92.8 Å². The van der Waals surface area contributed by atoms with Crippen molar-refractivity contribution in [1.29, 1.82) is 0 Å². The third-order valence-corrected chi connectivity index (χ3v) is 8.55. The van der Waals surface area contributed by atoms with Gasteiger partial charge in [-0.3, -0.25) is 9.59 Å². The summed E-state index contributed by atoms with van der Waals surface area (Å²) in [6, 6.07) is 9.67. The fraction of sp³-hybridized carbons (Fsp3) is 0.231. The third-order valence-electron chi connectivity index (χ3n) is 6.96. The highest BCUT2D eigenvalue weighted by Crippen LogP contribution is 2.41. The zero-order valence-electron chi connectivity index (χ0n) is 20.7. The number of phosphoric acid groups is 1. The summed E-state index contributed by atoms with van der Waals surface area (Å²) in [6.07, 6.45) is 3.86. The Morgan fingerprint density at radius 3 is 2.73 bits per heavy atom. The predicted octanol–water partition coefficient (Wildman–Crippen LogP) is 3.72. The number of hydrogen-bond donors (Lipinski definition) is 3. The van der Waals surface area contributed by atoms with Gasteiger partial charge in [0.05, 0.1) is 5.69 Å². The Morgan fingerprint density at radius 1 is 1.12 bits per heavy atom. The smallest absolute Gasteiger partial charge is 0.460 e. The number of nitrogens with one attached hydrogen (secondary N) is 1. The summed E-state index contributed by atoms with van der Waals surface area (Å²) in [5.74, 6) is -3.00. The maximum atomic E-state index is 15.1. The van der Waals surface area contributed by atoms with Crippen LogP contribution in [-0.4, -0.2) is 44.8 Å². The number of thioether (sulfide) groups is 1. The average molecular weight is 590 g/mol. The minimum absolute atomic E-state index is 0.116. The van der Waals surface area contributed by atoms with Gasteiger partial charge in [-0.15, -0.1) is 11.8 Å². The minimum atomic E-state index is -4.93. The second-order valence-corrected chi connectivity index (χ2v) is 11.6. The van der Waals surface area contributed by atoms with Crippen LogP contribution in [0.15, 0.2) is 58.2 Å². The van der Waals surface area contributed by atoms with Crippen LogP contribution in [0, 0.1) is 11.6 Å². The number of nitrogens with zero attached hydrogens (tertiary/aromatic N) is 2. The number of carbonyl (C=O) groups excluding carboxylic acids is 1. The first-order valence-corrected chi connectivity index (χ1v) is 14.7. The van der Waals surface area contributed by atoms with Gasteiger partial charge in [-0.1, -0.05) is 30.4 Å². The number of pyridine rings is 1. The molecule has 4 heterocycles. The molecule has 0 bridgehead atoms. The summed E-state index contributed by atoms with van der Waals surface area (Å²) in [5.41, 5.74) is 4.00. The first-order valence-electron chi connectivity index (χ1n) is 12.2. The lowest BCUT2D eigenvalue weighted by molar-refractivity contribution is 0.0617. The largest absolute Gasteiger partial charge is 0.472 e. The van der Waals surface area contributed by atoms with Gasteiger partial charge in [0, 0.05) is 40.8 Å². The number of ether oxygens (including phenoxy) is 1. The highest BCUT2D eigenvalue weighted by molar-refractivity contribution is 7.98. The van der Waals surface area contributed by atoms with Gasteiger partial charge < -0.3 is 24.8 Å². The molecular weight excluding hydrogens is 567 g/mol. The Morgan fingerprint density at radius 2 is 1.93 bits per heavy atom. The van der Waals surface area contributed by atoms with Crippen molar-refractivity contribution < 1.29 is 37.2 Å². The Balaban J connectivity index is 1.56. The summed E-state index contributed by atoms with van der Waals surface area (Å²) >= 11 is 1.38. The van der Waals surface area contributed by atoms with Crippen molar-refractivity contribution in [3.63, 3.8) is 0 Å². The lowest BCUT2D eigenvalue weighted by Gasteiger charge is -2.41. The Hall–Kier alpha value is -3.48. The lowest BCUT2D eigenvalue weighted by Crippen LogP contribution is -2.55. The van der Waals surface area contributed by atoms with Crippen LogP contribution in [0.4, 0.5) is 8.78 Å². The monoisotopic (exact) mass is 589 g/mol. The van der Waals surface area contributed by atoms with Gasteiger partial charge in [0.25, 0.3) is 5.91 Å². The van der Waals surface area contributed by atoms with Crippen LogP contribution in [0.5, 0.6) is 5.75 Å². The molecule has 0 aliphatic carbocycles. The molecule has 208 valence electrons. The molecule has 0 unspecified atom stereocenters. The molecule has 2 aromatic carbocycles. The quantitative estimate of drug-likeness (QED) is 0.232. The van der Waals surface area contributed by atoms with E-state index in [0.29, 0.717) is 12.0 Å². The Bertz CT molecular complexity index is 1690.